The van der Waals surface area contributed by atoms with Crippen LogP contribution < -0.4 is 34.0 Å². The molecule has 554 valence electrons. The Morgan fingerprint density at radius 3 is 1.03 bits per heavy atom. The van der Waals surface area contributed by atoms with E-state index >= 15 is 0 Å². The van der Waals surface area contributed by atoms with Crippen LogP contribution in [-0.2, 0) is 39.7 Å². The highest BCUT2D eigenvalue weighted by molar-refractivity contribution is 7.88. The number of hydrogen-bond acceptors (Lipinski definition) is 20. The number of nitrogens with one attached hydrogen (secondary N) is 5. The molecule has 1 unspecified atom stereocenters. The van der Waals surface area contributed by atoms with E-state index in [2.05, 4.69) is 75.5 Å². The van der Waals surface area contributed by atoms with E-state index in [0.717, 1.165) is 166 Å². The summed E-state index contributed by atoms with van der Waals surface area (Å²) < 4.78 is 85.2. The van der Waals surface area contributed by atoms with E-state index in [1.54, 1.807) is 51.0 Å². The fourth-order valence-corrected chi connectivity index (χ4v) is 17.1. The molecule has 5 aromatic heterocycles. The van der Waals surface area contributed by atoms with Gasteiger partial charge in [-0.2, -0.15) is 34.1 Å². The van der Waals surface area contributed by atoms with Gasteiger partial charge >= 0.3 is 0 Å². The van der Waals surface area contributed by atoms with Gasteiger partial charge in [0.05, 0.1) is 103 Å². The van der Waals surface area contributed by atoms with Gasteiger partial charge in [0.1, 0.15) is 11.5 Å². The first kappa shape index (κ1) is 75.7. The molecular weight excluding hydrogens is 1450 g/mol. The molecule has 5 aliphatic rings. The lowest BCUT2D eigenvalue weighted by Gasteiger charge is -2.39. The van der Waals surface area contributed by atoms with Crippen molar-refractivity contribution in [1.29, 1.82) is 0 Å². The van der Waals surface area contributed by atoms with Gasteiger partial charge in [-0.15, -0.1) is 0 Å². The van der Waals surface area contributed by atoms with Crippen molar-refractivity contribution < 1.29 is 44.3 Å². The van der Waals surface area contributed by atoms with Crippen LogP contribution in [0.15, 0.2) is 91.6 Å². The molecule has 10 heterocycles. The van der Waals surface area contributed by atoms with Gasteiger partial charge in [-0.25, -0.2) is 29.6 Å². The topological polar surface area (TPSA) is 331 Å². The SMILES string of the molecule is CC(=O)N1CCCN(c2cc(Cl)cc3[nH]ncc23)CC1.CC1CN(c2cc(Cl)cc3[nH]ncc23)CCN1S(C)(=O)=O.COc1cc(N2CCN(C(C)=O)CC2)c2cn[nH]c2c1.COc1cc(N2CCN(S(C)(=O)=O)CC2)c2cn[nH]c2c1.CS(=O)(=O)N1CCCN(c2cc(Cl)cc3[nH]ncc23)CC1. The number of nitrogens with zero attached hydrogens (tertiary/aromatic N) is 15. The number of rotatable bonds is 10. The lowest BCUT2D eigenvalue weighted by atomic mass is 10.1. The summed E-state index contributed by atoms with van der Waals surface area (Å²) in [5.41, 5.74) is 9.81. The Bertz CT molecular complexity index is 4900. The smallest absolute Gasteiger partial charge is 0.219 e. The molecule has 5 aliphatic heterocycles. The lowest BCUT2D eigenvalue weighted by Crippen LogP contribution is -2.53. The van der Waals surface area contributed by atoms with E-state index < -0.39 is 30.1 Å². The number of piperazine rings is 3. The average Bonchev–Trinajstić information content (AvgIpc) is 1.75. The second kappa shape index (κ2) is 32.7. The Morgan fingerprint density at radius 2 is 0.689 bits per heavy atom. The van der Waals surface area contributed by atoms with Gasteiger partial charge in [0, 0.05) is 228 Å². The van der Waals surface area contributed by atoms with Crippen molar-refractivity contribution >= 4 is 160 Å². The van der Waals surface area contributed by atoms with Crippen LogP contribution in [0.5, 0.6) is 11.5 Å². The van der Waals surface area contributed by atoms with E-state index in [4.69, 9.17) is 44.3 Å². The Labute approximate surface area is 613 Å². The number of aromatic amines is 5. The van der Waals surface area contributed by atoms with Crippen molar-refractivity contribution in [3.8, 4) is 11.5 Å². The molecule has 30 nitrogen and oxygen atoms in total. The molecular formula is C67H87Cl3N20O10S3. The number of carbonyl (C=O) groups is 2. The highest BCUT2D eigenvalue weighted by Crippen LogP contribution is 2.37. The average molecular weight is 1540 g/mol. The van der Waals surface area contributed by atoms with Crippen molar-refractivity contribution in [3.05, 3.63) is 107 Å². The fourth-order valence-electron chi connectivity index (χ4n) is 13.7. The van der Waals surface area contributed by atoms with Crippen LogP contribution in [0.1, 0.15) is 33.6 Å². The highest BCUT2D eigenvalue weighted by Gasteiger charge is 2.32. The molecule has 5 N–H and O–H groups in total. The van der Waals surface area contributed by atoms with Crippen LogP contribution in [0.4, 0.5) is 28.4 Å². The zero-order chi connectivity index (χ0) is 73.5. The van der Waals surface area contributed by atoms with E-state index in [9.17, 15) is 34.8 Å². The standard InChI is InChI=1S/C14H17ClN4O.C14H18N4O2.2C13H17ClN4O2S.C13H18N4O3S/c1-10(20)18-3-2-4-19(6-5-18)14-8-11(15)7-13-12(14)9-16-17-13;1-10(19)17-3-5-18(6-4-17)14-8-11(20-2)7-13-12(14)9-15-16-13;1-9-8-17(3-4-18(9)21(2,19)20)13-6-10(14)5-12-11(13)7-15-16-12;1-21(19,20)18-4-2-3-17(5-6-18)13-8-10(14)7-12-11(13)9-15-16-12;1-20-10-7-12-11(9-14-15-12)13(8-10)16-3-5-17(6-4-16)21(2,18)19/h7-9H,2-6H2,1H3,(H,16,17);7-9H,3-6H2,1-2H3,(H,15,16);5-7,9H,3-4,8H2,1-2H3,(H,15,16);7-9H,2-6H2,1H3,(H,15,16);7-9H,3-6H2,1-2H3,(H,14,15). The number of sulfonamides is 3. The van der Waals surface area contributed by atoms with Gasteiger partial charge in [0.15, 0.2) is 0 Å². The van der Waals surface area contributed by atoms with Crippen molar-refractivity contribution in [1.82, 2.24) is 73.7 Å². The lowest BCUT2D eigenvalue weighted by molar-refractivity contribution is -0.129. The molecule has 0 aliphatic carbocycles. The molecule has 2 amide bonds. The summed E-state index contributed by atoms with van der Waals surface area (Å²) in [7, 11) is -6.11. The maximum atomic E-state index is 11.7. The number of amides is 2. The number of ether oxygens (including phenoxy) is 2. The summed E-state index contributed by atoms with van der Waals surface area (Å²) >= 11 is 18.5. The largest absolute Gasteiger partial charge is 0.497 e. The minimum Gasteiger partial charge on any atom is -0.497 e. The number of aromatic nitrogens is 10. The van der Waals surface area contributed by atoms with E-state index in [0.29, 0.717) is 80.5 Å². The van der Waals surface area contributed by atoms with Gasteiger partial charge in [0.2, 0.25) is 41.9 Å². The Morgan fingerprint density at radius 1 is 0.388 bits per heavy atom. The summed E-state index contributed by atoms with van der Waals surface area (Å²) in [6.45, 7) is 18.2. The third-order valence-corrected chi connectivity index (χ3v) is 23.6. The third-order valence-electron chi connectivity index (χ3n) is 19.0. The normalized spacial score (nSPS) is 17.8. The maximum Gasteiger partial charge on any atom is 0.219 e. The first-order chi connectivity index (χ1) is 49.1. The van der Waals surface area contributed by atoms with Crippen LogP contribution in [-0.4, -0.2) is 274 Å². The molecule has 5 aromatic carbocycles. The summed E-state index contributed by atoms with van der Waals surface area (Å²) in [5, 5.41) is 42.3. The summed E-state index contributed by atoms with van der Waals surface area (Å²) in [6, 6.07) is 19.1. The van der Waals surface area contributed by atoms with Crippen molar-refractivity contribution in [2.24, 2.45) is 0 Å². The molecule has 0 bridgehead atoms. The molecule has 0 radical (unpaired) electrons. The zero-order valence-corrected chi connectivity index (χ0v) is 63.5. The molecule has 15 rings (SSSR count). The van der Waals surface area contributed by atoms with Crippen LogP contribution in [0.25, 0.3) is 54.5 Å². The first-order valence-electron chi connectivity index (χ1n) is 33.7. The molecule has 1 atom stereocenters. The van der Waals surface area contributed by atoms with Gasteiger partial charge in [-0.3, -0.25) is 35.1 Å². The monoisotopic (exact) mass is 1530 g/mol. The fraction of sp³-hybridized carbons (Fsp3) is 0.448. The van der Waals surface area contributed by atoms with E-state index in [-0.39, 0.29) is 17.9 Å². The van der Waals surface area contributed by atoms with Gasteiger partial charge in [-0.1, -0.05) is 34.8 Å². The number of H-pyrrole nitrogens is 5. The second-order valence-electron chi connectivity index (χ2n) is 25.9. The zero-order valence-electron chi connectivity index (χ0n) is 58.7. The number of benzene rings is 5. The number of fused-ring (bicyclic) bond motifs is 5. The number of carbonyl (C=O) groups excluding carboxylic acids is 2. The second-order valence-corrected chi connectivity index (χ2v) is 33.1. The molecule has 5 fully saturated rings. The molecule has 103 heavy (non-hydrogen) atoms. The van der Waals surface area contributed by atoms with Crippen LogP contribution in [0.2, 0.25) is 15.1 Å². The highest BCUT2D eigenvalue weighted by atomic mass is 35.5. The Balaban J connectivity index is 0.000000129. The predicted octanol–water partition coefficient (Wildman–Crippen LogP) is 7.54. The maximum absolute atomic E-state index is 11.7. The quantitative estimate of drug-likeness (QED) is 0.0882. The Kier molecular flexibility index (Phi) is 24.1. The van der Waals surface area contributed by atoms with Crippen LogP contribution in [0, 0.1) is 0 Å². The first-order valence-corrected chi connectivity index (χ1v) is 40.3. The summed E-state index contributed by atoms with van der Waals surface area (Å²) in [4.78, 5) is 37.7. The summed E-state index contributed by atoms with van der Waals surface area (Å²) in [6.07, 6.45) is 14.5. The van der Waals surface area contributed by atoms with Gasteiger partial charge in [-0.05, 0) is 56.2 Å². The van der Waals surface area contributed by atoms with Crippen molar-refractivity contribution in [2.45, 2.75) is 39.7 Å². The minimum atomic E-state index is -3.16. The van der Waals surface area contributed by atoms with Crippen molar-refractivity contribution in [3.63, 3.8) is 0 Å². The van der Waals surface area contributed by atoms with Gasteiger partial charge in [0.25, 0.3) is 0 Å². The van der Waals surface area contributed by atoms with E-state index in [1.807, 2.05) is 89.8 Å². The summed E-state index contributed by atoms with van der Waals surface area (Å²) in [5.74, 6) is 1.85. The van der Waals surface area contributed by atoms with Crippen molar-refractivity contribution in [2.75, 3.05) is 182 Å². The molecule has 0 saturated carbocycles. The number of hydrogen-bond donors (Lipinski definition) is 5. The number of halogens is 3. The number of methoxy groups -OCH3 is 2. The van der Waals surface area contributed by atoms with Crippen LogP contribution >= 0.6 is 34.8 Å². The minimum absolute atomic E-state index is 0.0744. The van der Waals surface area contributed by atoms with E-state index in [1.165, 1.54) is 27.4 Å². The molecule has 5 saturated heterocycles. The van der Waals surface area contributed by atoms with Crippen LogP contribution in [0.3, 0.4) is 0 Å². The van der Waals surface area contributed by atoms with Gasteiger partial charge < -0.3 is 43.8 Å². The molecule has 36 heteroatoms. The molecule has 0 spiro atoms. The number of anilines is 5. The third kappa shape index (κ3) is 18.4. The molecule has 10 aromatic rings. The Hall–Kier alpha value is -8.41. The predicted molar refractivity (Wildman–Crippen MR) is 407 cm³/mol.